The van der Waals surface area contributed by atoms with Crippen LogP contribution in [0.25, 0.3) is 0 Å². The fourth-order valence-corrected chi connectivity index (χ4v) is 4.77. The molecule has 3 rings (SSSR count). The number of likely N-dealkylation sites (tertiary alicyclic amines) is 1. The number of piperazine rings is 1. The SMILES string of the molecule is CCCCN1CC(C(=O)N[C@@H](Cc2cc(F)cc(F)c2)[C@H](O)[C@H]2CN(CC(N)=O)CCN2)CC1=O. The van der Waals surface area contributed by atoms with Gasteiger partial charge < -0.3 is 26.4 Å². The highest BCUT2D eigenvalue weighted by Crippen LogP contribution is 2.20. The molecule has 11 heteroatoms. The van der Waals surface area contributed by atoms with Gasteiger partial charge in [0.25, 0.3) is 0 Å². The number of aliphatic hydroxyl groups is 1. The Kier molecular flexibility index (Phi) is 9.53. The predicted molar refractivity (Wildman–Crippen MR) is 125 cm³/mol. The smallest absolute Gasteiger partial charge is 0.231 e. The summed E-state index contributed by atoms with van der Waals surface area (Å²) in [5, 5.41) is 17.2. The number of nitrogens with one attached hydrogen (secondary N) is 2. The van der Waals surface area contributed by atoms with Crippen molar-refractivity contribution in [1.82, 2.24) is 20.4 Å². The van der Waals surface area contributed by atoms with E-state index in [9.17, 15) is 28.3 Å². The predicted octanol–water partition coefficient (Wildman–Crippen LogP) is -0.239. The first-order chi connectivity index (χ1) is 16.7. The minimum Gasteiger partial charge on any atom is -0.389 e. The molecule has 2 aliphatic rings. The maximum atomic E-state index is 13.8. The van der Waals surface area contributed by atoms with Crippen LogP contribution in [0.3, 0.4) is 0 Å². The summed E-state index contributed by atoms with van der Waals surface area (Å²) in [4.78, 5) is 40.2. The molecule has 3 amide bonds. The number of nitrogens with zero attached hydrogens (tertiary/aromatic N) is 2. The number of unbranched alkanes of at least 4 members (excludes halogenated alkanes) is 1. The lowest BCUT2D eigenvalue weighted by molar-refractivity contribution is -0.129. The van der Waals surface area contributed by atoms with E-state index in [1.165, 1.54) is 0 Å². The Bertz CT molecular complexity index is 898. The van der Waals surface area contributed by atoms with Crippen molar-refractivity contribution in [1.29, 1.82) is 0 Å². The number of rotatable bonds is 11. The molecule has 2 aliphatic heterocycles. The summed E-state index contributed by atoms with van der Waals surface area (Å²) in [7, 11) is 0. The standard InChI is InChI=1S/C24H35F2N5O4/c1-2-3-5-31-12-16(10-22(31)33)24(35)29-19(9-15-7-17(25)11-18(26)8-15)23(34)20-13-30(6-4-28-20)14-21(27)32/h7-8,11,16,19-20,23,28,34H,2-6,9-10,12-14H2,1H3,(H2,27,32)(H,29,35)/t16?,19-,20+,23-/m0/s1. The summed E-state index contributed by atoms with van der Waals surface area (Å²) >= 11 is 0. The lowest BCUT2D eigenvalue weighted by Gasteiger charge is -2.38. The molecule has 9 nitrogen and oxygen atoms in total. The summed E-state index contributed by atoms with van der Waals surface area (Å²) in [6.45, 7) is 4.32. The van der Waals surface area contributed by atoms with Crippen molar-refractivity contribution in [3.05, 3.63) is 35.4 Å². The van der Waals surface area contributed by atoms with Gasteiger partial charge >= 0.3 is 0 Å². The third kappa shape index (κ3) is 7.68. The number of hydrogen-bond donors (Lipinski definition) is 4. The van der Waals surface area contributed by atoms with E-state index in [1.54, 1.807) is 9.80 Å². The van der Waals surface area contributed by atoms with Crippen LogP contribution in [0.4, 0.5) is 8.78 Å². The third-order valence-electron chi connectivity index (χ3n) is 6.57. The van der Waals surface area contributed by atoms with E-state index in [0.717, 1.165) is 31.0 Å². The molecule has 0 saturated carbocycles. The number of hydrogen-bond acceptors (Lipinski definition) is 6. The van der Waals surface area contributed by atoms with Gasteiger partial charge in [-0.15, -0.1) is 0 Å². The van der Waals surface area contributed by atoms with Crippen molar-refractivity contribution in [2.75, 3.05) is 39.3 Å². The maximum absolute atomic E-state index is 13.8. The maximum Gasteiger partial charge on any atom is 0.231 e. The lowest BCUT2D eigenvalue weighted by atomic mass is 9.94. The molecule has 2 heterocycles. The molecule has 194 valence electrons. The van der Waals surface area contributed by atoms with Crippen molar-refractivity contribution in [2.45, 2.75) is 50.8 Å². The van der Waals surface area contributed by atoms with Gasteiger partial charge in [0, 0.05) is 51.3 Å². The van der Waals surface area contributed by atoms with Crippen LogP contribution in [0.2, 0.25) is 0 Å². The fraction of sp³-hybridized carbons (Fsp3) is 0.625. The molecule has 4 atom stereocenters. The van der Waals surface area contributed by atoms with E-state index in [-0.39, 0.29) is 36.8 Å². The third-order valence-corrected chi connectivity index (χ3v) is 6.57. The topological polar surface area (TPSA) is 128 Å². The number of primary amides is 1. The van der Waals surface area contributed by atoms with Crippen molar-refractivity contribution >= 4 is 17.7 Å². The van der Waals surface area contributed by atoms with Gasteiger partial charge in [0.1, 0.15) is 11.6 Å². The summed E-state index contributed by atoms with van der Waals surface area (Å²) in [5.74, 6) is -3.03. The molecule has 0 radical (unpaired) electrons. The highest BCUT2D eigenvalue weighted by atomic mass is 19.1. The molecule has 2 saturated heterocycles. The summed E-state index contributed by atoms with van der Waals surface area (Å²) in [6.07, 6.45) is 0.716. The Morgan fingerprint density at radius 3 is 2.63 bits per heavy atom. The van der Waals surface area contributed by atoms with Crippen LogP contribution in [0.15, 0.2) is 18.2 Å². The first-order valence-electron chi connectivity index (χ1n) is 12.1. The molecule has 1 unspecified atom stereocenters. The average Bonchev–Trinajstić information content (AvgIpc) is 3.16. The second-order valence-electron chi connectivity index (χ2n) is 9.44. The molecule has 5 N–H and O–H groups in total. The first kappa shape index (κ1) is 27.0. The second-order valence-corrected chi connectivity index (χ2v) is 9.44. The van der Waals surface area contributed by atoms with Gasteiger partial charge in [-0.3, -0.25) is 19.3 Å². The Morgan fingerprint density at radius 1 is 1.26 bits per heavy atom. The van der Waals surface area contributed by atoms with Gasteiger partial charge in [0.2, 0.25) is 17.7 Å². The van der Waals surface area contributed by atoms with Crippen LogP contribution in [-0.4, -0.2) is 90.1 Å². The number of halogens is 2. The van der Waals surface area contributed by atoms with Crippen LogP contribution in [0.5, 0.6) is 0 Å². The molecule has 0 bridgehead atoms. The van der Waals surface area contributed by atoms with E-state index in [2.05, 4.69) is 10.6 Å². The highest BCUT2D eigenvalue weighted by molar-refractivity contribution is 5.89. The fourth-order valence-electron chi connectivity index (χ4n) is 4.77. The highest BCUT2D eigenvalue weighted by Gasteiger charge is 2.37. The van der Waals surface area contributed by atoms with E-state index in [1.807, 2.05) is 6.92 Å². The Morgan fingerprint density at radius 2 is 1.97 bits per heavy atom. The van der Waals surface area contributed by atoms with Gasteiger partial charge in [0.05, 0.1) is 24.6 Å². The molecule has 0 aromatic heterocycles. The number of carbonyl (C=O) groups is 3. The van der Waals surface area contributed by atoms with Crippen molar-refractivity contribution in [3.63, 3.8) is 0 Å². The van der Waals surface area contributed by atoms with Crippen LogP contribution in [0.1, 0.15) is 31.7 Å². The molecule has 35 heavy (non-hydrogen) atoms. The van der Waals surface area contributed by atoms with Crippen LogP contribution in [-0.2, 0) is 20.8 Å². The zero-order valence-electron chi connectivity index (χ0n) is 20.0. The van der Waals surface area contributed by atoms with Gasteiger partial charge in [0.15, 0.2) is 0 Å². The molecular weight excluding hydrogens is 460 g/mol. The van der Waals surface area contributed by atoms with Crippen LogP contribution in [0, 0.1) is 17.6 Å². The second kappa shape index (κ2) is 12.4. The zero-order chi connectivity index (χ0) is 25.5. The Hall–Kier alpha value is -2.63. The monoisotopic (exact) mass is 495 g/mol. The minimum atomic E-state index is -1.13. The number of carbonyl (C=O) groups excluding carboxylic acids is 3. The molecule has 2 fully saturated rings. The molecular formula is C24H35F2N5O4. The largest absolute Gasteiger partial charge is 0.389 e. The average molecular weight is 496 g/mol. The summed E-state index contributed by atoms with van der Waals surface area (Å²) in [5.41, 5.74) is 5.58. The van der Waals surface area contributed by atoms with Crippen LogP contribution < -0.4 is 16.4 Å². The summed E-state index contributed by atoms with van der Waals surface area (Å²) in [6, 6.07) is 1.68. The summed E-state index contributed by atoms with van der Waals surface area (Å²) < 4.78 is 27.6. The van der Waals surface area contributed by atoms with E-state index in [4.69, 9.17) is 5.73 Å². The van der Waals surface area contributed by atoms with E-state index >= 15 is 0 Å². The number of amides is 3. The Balaban J connectivity index is 1.74. The molecule has 0 spiro atoms. The number of aliphatic hydroxyl groups excluding tert-OH is 1. The Labute approximate surface area is 204 Å². The van der Waals surface area contributed by atoms with E-state index < -0.39 is 41.6 Å². The van der Waals surface area contributed by atoms with Crippen LogP contribution >= 0.6 is 0 Å². The molecule has 1 aromatic carbocycles. The van der Waals surface area contributed by atoms with Crippen molar-refractivity contribution in [3.8, 4) is 0 Å². The molecule has 1 aromatic rings. The number of benzene rings is 1. The van der Waals surface area contributed by atoms with Crippen molar-refractivity contribution in [2.24, 2.45) is 11.7 Å². The molecule has 0 aliphatic carbocycles. The lowest BCUT2D eigenvalue weighted by Crippen LogP contribution is -2.62. The quantitative estimate of drug-likeness (QED) is 0.336. The van der Waals surface area contributed by atoms with Gasteiger partial charge in [-0.05, 0) is 30.5 Å². The zero-order valence-corrected chi connectivity index (χ0v) is 20.0. The minimum absolute atomic E-state index is 0.0181. The van der Waals surface area contributed by atoms with Gasteiger partial charge in [-0.25, -0.2) is 8.78 Å². The normalized spacial score (nSPS) is 22.7. The van der Waals surface area contributed by atoms with Crippen molar-refractivity contribution < 1.29 is 28.3 Å². The first-order valence-corrected chi connectivity index (χ1v) is 12.1. The van der Waals surface area contributed by atoms with Gasteiger partial charge in [-0.1, -0.05) is 13.3 Å². The number of nitrogens with two attached hydrogens (primary N) is 1. The van der Waals surface area contributed by atoms with Gasteiger partial charge in [-0.2, -0.15) is 0 Å². The van der Waals surface area contributed by atoms with E-state index in [0.29, 0.717) is 32.7 Å².